The smallest absolute Gasteiger partial charge is 0.256 e. The summed E-state index contributed by atoms with van der Waals surface area (Å²) in [6.45, 7) is -0.00201. The molecular formula is C41H45N3O7S. The summed E-state index contributed by atoms with van der Waals surface area (Å²) in [6.07, 6.45) is 10.2. The Morgan fingerprint density at radius 1 is 0.846 bits per heavy atom. The van der Waals surface area contributed by atoms with E-state index in [1.807, 2.05) is 97.1 Å². The summed E-state index contributed by atoms with van der Waals surface area (Å²) in [4.78, 5) is 28.6. The van der Waals surface area contributed by atoms with Crippen molar-refractivity contribution in [2.75, 3.05) is 17.7 Å². The van der Waals surface area contributed by atoms with Crippen molar-refractivity contribution in [2.45, 2.75) is 75.1 Å². The first-order valence-electron chi connectivity index (χ1n) is 17.8. The van der Waals surface area contributed by atoms with Gasteiger partial charge in [0.2, 0.25) is 11.8 Å². The fourth-order valence-corrected chi connectivity index (χ4v) is 7.19. The third kappa shape index (κ3) is 10.3. The van der Waals surface area contributed by atoms with Crippen molar-refractivity contribution < 1.29 is 33.8 Å². The molecule has 4 aromatic rings. The molecule has 11 heteroatoms. The molecule has 0 saturated carbocycles. The fraction of sp³-hybridized carbons (Fsp3) is 0.341. The zero-order valence-electron chi connectivity index (χ0n) is 29.0. The van der Waals surface area contributed by atoms with Crippen molar-refractivity contribution in [3.63, 3.8) is 0 Å². The maximum atomic E-state index is 12.6. The van der Waals surface area contributed by atoms with E-state index in [4.69, 9.17) is 24.1 Å². The summed E-state index contributed by atoms with van der Waals surface area (Å²) in [6, 6.07) is 27.8. The number of carbonyl (C=O) groups is 2. The number of hydroxylamine groups is 1. The monoisotopic (exact) mass is 723 g/mol. The quantitative estimate of drug-likeness (QED) is 0.0389. The number of ether oxygens (including phenoxy) is 2. The molecule has 4 unspecified atom stereocenters. The Bertz CT molecular complexity index is 1750. The van der Waals surface area contributed by atoms with E-state index >= 15 is 0 Å². The Morgan fingerprint density at radius 3 is 2.19 bits per heavy atom. The second-order valence-electron chi connectivity index (χ2n) is 13.0. The highest BCUT2D eigenvalue weighted by Gasteiger charge is 2.35. The van der Waals surface area contributed by atoms with Gasteiger partial charge in [-0.1, -0.05) is 116 Å². The number of aromatic nitrogens is 1. The summed E-state index contributed by atoms with van der Waals surface area (Å²) in [5.74, 6) is 0.882. The second-order valence-corrected chi connectivity index (χ2v) is 14.0. The Labute approximate surface area is 308 Å². The van der Waals surface area contributed by atoms with Gasteiger partial charge in [-0.05, 0) is 42.5 Å². The van der Waals surface area contributed by atoms with Gasteiger partial charge in [-0.2, -0.15) is 0 Å². The highest BCUT2D eigenvalue weighted by atomic mass is 32.2. The van der Waals surface area contributed by atoms with Crippen molar-refractivity contribution in [1.29, 1.82) is 0 Å². The molecule has 52 heavy (non-hydrogen) atoms. The lowest BCUT2D eigenvalue weighted by atomic mass is 9.94. The van der Waals surface area contributed by atoms with Gasteiger partial charge >= 0.3 is 0 Å². The molecule has 1 fully saturated rings. The number of benzene rings is 3. The first kappa shape index (κ1) is 37.2. The normalized spacial score (nSPS) is 19.9. The minimum absolute atomic E-state index is 0.00201. The van der Waals surface area contributed by atoms with Gasteiger partial charge in [0.05, 0.1) is 18.8 Å². The molecule has 272 valence electrons. The van der Waals surface area contributed by atoms with Crippen molar-refractivity contribution in [3.8, 4) is 22.6 Å². The van der Waals surface area contributed by atoms with Crippen LogP contribution in [0, 0.1) is 5.92 Å². The number of thioether (sulfide) groups is 1. The zero-order chi connectivity index (χ0) is 36.1. The van der Waals surface area contributed by atoms with Crippen molar-refractivity contribution in [2.24, 2.45) is 5.92 Å². The Hall–Kier alpha value is -4.52. The van der Waals surface area contributed by atoms with Crippen LogP contribution < -0.4 is 10.8 Å². The molecule has 0 radical (unpaired) electrons. The van der Waals surface area contributed by atoms with Crippen LogP contribution in [0.1, 0.15) is 63.0 Å². The summed E-state index contributed by atoms with van der Waals surface area (Å²) in [5, 5.41) is 21.7. The number of amides is 2. The summed E-state index contributed by atoms with van der Waals surface area (Å²) >= 11 is 1.53. The van der Waals surface area contributed by atoms with E-state index in [0.29, 0.717) is 42.3 Å². The van der Waals surface area contributed by atoms with E-state index < -0.39 is 12.2 Å². The van der Waals surface area contributed by atoms with Crippen molar-refractivity contribution >= 4 is 29.3 Å². The number of rotatable bonds is 16. The number of nitrogens with zero attached hydrogens (tertiary/aromatic N) is 1. The van der Waals surface area contributed by atoms with Gasteiger partial charge in [0, 0.05) is 47.7 Å². The van der Waals surface area contributed by atoms with E-state index in [1.165, 1.54) is 11.8 Å². The SMILES string of the molecule is O=C(CCCCCCC(=O)Nc1ccc(C2CC(CSc3nc(-c4ccccc4)c(-c4ccccc4)o3)OC(C3C=CC(CO)=CC3)O2)cc1)NO. The van der Waals surface area contributed by atoms with Gasteiger partial charge in [0.15, 0.2) is 12.1 Å². The number of carbonyl (C=O) groups excluding carboxylic acids is 2. The first-order valence-corrected chi connectivity index (χ1v) is 18.8. The predicted octanol–water partition coefficient (Wildman–Crippen LogP) is 8.25. The maximum Gasteiger partial charge on any atom is 0.256 e. The number of hydrogen-bond donors (Lipinski definition) is 4. The summed E-state index contributed by atoms with van der Waals surface area (Å²) in [5.41, 5.74) is 6.98. The molecule has 1 aliphatic heterocycles. The topological polar surface area (TPSA) is 143 Å². The van der Waals surface area contributed by atoms with Gasteiger partial charge in [0.1, 0.15) is 5.69 Å². The van der Waals surface area contributed by atoms with Crippen LogP contribution in [0.3, 0.4) is 0 Å². The van der Waals surface area contributed by atoms with Crippen LogP contribution in [0.5, 0.6) is 0 Å². The highest BCUT2D eigenvalue weighted by Crippen LogP contribution is 2.40. The minimum Gasteiger partial charge on any atom is -0.431 e. The number of aliphatic hydroxyl groups excluding tert-OH is 1. The minimum atomic E-state index is -0.487. The standard InChI is InChI=1S/C41H45N3O7S/c45-26-28-17-19-32(20-18-28)40-49-34(27-52-41-43-38(30-11-5-3-6-12-30)39(51-41)31-13-7-4-8-14-31)25-35(50-40)29-21-23-33(24-22-29)42-36(46)15-9-1-2-10-16-37(47)44-48/h3-8,11-14,17-19,21-24,32,34-35,40,45,48H,1-2,9-10,15-16,20,25-27H2,(H,42,46)(H,44,47). The lowest BCUT2D eigenvalue weighted by molar-refractivity contribution is -0.254. The van der Waals surface area contributed by atoms with Crippen LogP contribution in [-0.4, -0.2) is 51.9 Å². The number of oxazole rings is 1. The molecule has 4 atom stereocenters. The molecule has 0 spiro atoms. The van der Waals surface area contributed by atoms with Gasteiger partial charge in [0.25, 0.3) is 5.22 Å². The molecule has 2 heterocycles. The number of unbranched alkanes of at least 4 members (excludes halogenated alkanes) is 3. The van der Waals surface area contributed by atoms with Gasteiger partial charge in [-0.3, -0.25) is 14.8 Å². The number of allylic oxidation sites excluding steroid dienone is 1. The largest absolute Gasteiger partial charge is 0.431 e. The molecule has 6 rings (SSSR count). The number of anilines is 1. The van der Waals surface area contributed by atoms with Crippen LogP contribution in [-0.2, 0) is 19.1 Å². The average molecular weight is 724 g/mol. The van der Waals surface area contributed by atoms with Crippen LogP contribution in [0.4, 0.5) is 5.69 Å². The molecule has 4 N–H and O–H groups in total. The van der Waals surface area contributed by atoms with Crippen molar-refractivity contribution in [3.05, 3.63) is 114 Å². The van der Waals surface area contributed by atoms with E-state index in [2.05, 4.69) is 11.4 Å². The Balaban J connectivity index is 1.11. The van der Waals surface area contributed by atoms with Crippen molar-refractivity contribution in [1.82, 2.24) is 10.5 Å². The predicted molar refractivity (Wildman–Crippen MR) is 200 cm³/mol. The van der Waals surface area contributed by atoms with Crippen LogP contribution in [0.25, 0.3) is 22.6 Å². The van der Waals surface area contributed by atoms with E-state index in [-0.39, 0.29) is 37.1 Å². The Kier molecular flexibility index (Phi) is 13.5. The third-order valence-corrected chi connectivity index (χ3v) is 10.1. The molecule has 2 amide bonds. The first-order chi connectivity index (χ1) is 25.5. The highest BCUT2D eigenvalue weighted by molar-refractivity contribution is 7.99. The number of aliphatic hydroxyl groups is 1. The van der Waals surface area contributed by atoms with E-state index in [0.717, 1.165) is 53.0 Å². The lowest BCUT2D eigenvalue weighted by Gasteiger charge is -2.39. The molecule has 1 saturated heterocycles. The molecule has 1 aromatic heterocycles. The average Bonchev–Trinajstić information content (AvgIpc) is 3.63. The molecule has 1 aliphatic carbocycles. The summed E-state index contributed by atoms with van der Waals surface area (Å²) in [7, 11) is 0. The van der Waals surface area contributed by atoms with Crippen LogP contribution >= 0.6 is 11.8 Å². The lowest BCUT2D eigenvalue weighted by Crippen LogP contribution is -2.39. The fourth-order valence-electron chi connectivity index (χ4n) is 6.35. The molecule has 0 bridgehead atoms. The van der Waals surface area contributed by atoms with Crippen LogP contribution in [0.2, 0.25) is 0 Å². The molecular weight excluding hydrogens is 679 g/mol. The van der Waals surface area contributed by atoms with Gasteiger partial charge < -0.3 is 24.3 Å². The van der Waals surface area contributed by atoms with E-state index in [1.54, 1.807) is 5.48 Å². The Morgan fingerprint density at radius 2 is 1.54 bits per heavy atom. The van der Waals surface area contributed by atoms with Crippen LogP contribution in [0.15, 0.2) is 118 Å². The van der Waals surface area contributed by atoms with Gasteiger partial charge in [-0.25, -0.2) is 10.5 Å². The molecule has 2 aliphatic rings. The maximum absolute atomic E-state index is 12.6. The molecule has 3 aromatic carbocycles. The zero-order valence-corrected chi connectivity index (χ0v) is 29.8. The van der Waals surface area contributed by atoms with Gasteiger partial charge in [-0.15, -0.1) is 0 Å². The number of nitrogens with one attached hydrogen (secondary N) is 2. The number of hydrogen-bond acceptors (Lipinski definition) is 9. The third-order valence-electron chi connectivity index (χ3n) is 9.18. The second kappa shape index (κ2) is 18.8. The summed E-state index contributed by atoms with van der Waals surface area (Å²) < 4.78 is 19.6. The van der Waals surface area contributed by atoms with E-state index in [9.17, 15) is 14.7 Å². The molecule has 10 nitrogen and oxygen atoms in total.